The fourth-order valence-corrected chi connectivity index (χ4v) is 1.15. The van der Waals surface area contributed by atoms with E-state index in [1.165, 1.54) is 0 Å². The maximum atomic E-state index is 12.6. The maximum absolute atomic E-state index is 12.6. The highest BCUT2D eigenvalue weighted by Crippen LogP contribution is 2.40. The van der Waals surface area contributed by atoms with Crippen LogP contribution in [-0.2, 0) is 17.1 Å². The Morgan fingerprint density at radius 3 is 2.05 bits per heavy atom. The van der Waals surface area contributed by atoms with E-state index >= 15 is 0 Å². The third kappa shape index (κ3) is 3.76. The molecule has 0 heterocycles. The van der Waals surface area contributed by atoms with Crippen LogP contribution in [-0.4, -0.2) is 13.3 Å². The average Bonchev–Trinajstić information content (AvgIpc) is 2.26. The number of benzene rings is 1. The van der Waals surface area contributed by atoms with Crippen molar-refractivity contribution in [2.45, 2.75) is 12.4 Å². The van der Waals surface area contributed by atoms with Crippen molar-refractivity contribution in [2.24, 2.45) is 0 Å². The van der Waals surface area contributed by atoms with E-state index in [1.807, 2.05) is 0 Å². The largest absolute Gasteiger partial charge is 0.513 e. The summed E-state index contributed by atoms with van der Waals surface area (Å²) in [6.07, 6.45) is -11.5. The SMILES string of the molecule is COC(=O)Oc1ccc(C(F)(F)F)cc1C(F)(F)F. The van der Waals surface area contributed by atoms with Crippen LogP contribution in [0.2, 0.25) is 0 Å². The van der Waals surface area contributed by atoms with Crippen molar-refractivity contribution in [3.8, 4) is 5.75 Å². The zero-order valence-electron chi connectivity index (χ0n) is 9.22. The molecule has 0 saturated heterocycles. The van der Waals surface area contributed by atoms with Crippen molar-refractivity contribution in [3.05, 3.63) is 29.3 Å². The molecule has 1 aromatic rings. The molecule has 0 aliphatic carbocycles. The van der Waals surface area contributed by atoms with Crippen LogP contribution in [0.15, 0.2) is 18.2 Å². The minimum atomic E-state index is -5.11. The number of carbonyl (C=O) groups is 1. The van der Waals surface area contributed by atoms with Crippen molar-refractivity contribution in [1.82, 2.24) is 0 Å². The maximum Gasteiger partial charge on any atom is 0.513 e. The molecule has 0 aliphatic rings. The van der Waals surface area contributed by atoms with Gasteiger partial charge in [-0.3, -0.25) is 0 Å². The van der Waals surface area contributed by atoms with E-state index in [0.717, 1.165) is 7.11 Å². The summed E-state index contributed by atoms with van der Waals surface area (Å²) in [6.45, 7) is 0. The van der Waals surface area contributed by atoms with Crippen LogP contribution < -0.4 is 4.74 Å². The molecule has 0 fully saturated rings. The lowest BCUT2D eigenvalue weighted by Crippen LogP contribution is -2.15. The van der Waals surface area contributed by atoms with E-state index < -0.39 is 35.4 Å². The van der Waals surface area contributed by atoms with Gasteiger partial charge in [0.05, 0.1) is 18.2 Å². The molecule has 0 aromatic heterocycles. The zero-order chi connectivity index (χ0) is 14.8. The number of halogens is 6. The summed E-state index contributed by atoms with van der Waals surface area (Å²) >= 11 is 0. The first-order valence-corrected chi connectivity index (χ1v) is 4.60. The quantitative estimate of drug-likeness (QED) is 0.447. The van der Waals surface area contributed by atoms with E-state index in [4.69, 9.17) is 0 Å². The predicted octanol–water partition coefficient (Wildman–Crippen LogP) is 3.87. The number of hydrogen-bond donors (Lipinski definition) is 0. The molecule has 0 radical (unpaired) electrons. The van der Waals surface area contributed by atoms with Gasteiger partial charge in [0, 0.05) is 0 Å². The van der Waals surface area contributed by atoms with Crippen LogP contribution in [0.3, 0.4) is 0 Å². The van der Waals surface area contributed by atoms with Crippen LogP contribution in [0, 0.1) is 0 Å². The Kier molecular flexibility index (Phi) is 3.97. The molecule has 0 amide bonds. The number of hydrogen-bond acceptors (Lipinski definition) is 3. The Bertz CT molecular complexity index is 477. The van der Waals surface area contributed by atoms with Gasteiger partial charge in [-0.1, -0.05) is 0 Å². The summed E-state index contributed by atoms with van der Waals surface area (Å²) in [5.41, 5.74) is -3.22. The standard InChI is InChI=1S/C10H6F6O3/c1-18-8(17)19-7-3-2-5(9(11,12)13)4-6(7)10(14,15)16/h2-4H,1H3. The third-order valence-corrected chi connectivity index (χ3v) is 1.97. The van der Waals surface area contributed by atoms with E-state index in [9.17, 15) is 31.1 Å². The Labute approximate surface area is 102 Å². The zero-order valence-corrected chi connectivity index (χ0v) is 9.22. The molecule has 0 bridgehead atoms. The molecule has 0 spiro atoms. The molecule has 9 heteroatoms. The van der Waals surface area contributed by atoms with Crippen LogP contribution in [0.1, 0.15) is 11.1 Å². The van der Waals surface area contributed by atoms with E-state index in [-0.39, 0.29) is 6.07 Å². The molecule has 0 N–H and O–H groups in total. The van der Waals surface area contributed by atoms with E-state index in [2.05, 4.69) is 9.47 Å². The molecule has 0 saturated carbocycles. The molecule has 0 aliphatic heterocycles. The van der Waals surface area contributed by atoms with Crippen molar-refractivity contribution >= 4 is 6.16 Å². The molecule has 19 heavy (non-hydrogen) atoms. The van der Waals surface area contributed by atoms with Gasteiger partial charge in [0.15, 0.2) is 0 Å². The van der Waals surface area contributed by atoms with Gasteiger partial charge >= 0.3 is 18.5 Å². The van der Waals surface area contributed by atoms with Gasteiger partial charge in [-0.15, -0.1) is 0 Å². The van der Waals surface area contributed by atoms with Gasteiger partial charge in [-0.2, -0.15) is 26.3 Å². The molecule has 1 rings (SSSR count). The molecule has 106 valence electrons. The normalized spacial score (nSPS) is 12.2. The topological polar surface area (TPSA) is 35.5 Å². The van der Waals surface area contributed by atoms with Gasteiger partial charge in [0.2, 0.25) is 0 Å². The number of alkyl halides is 6. The number of methoxy groups -OCH3 is 1. The predicted molar refractivity (Wildman–Crippen MR) is 49.5 cm³/mol. The van der Waals surface area contributed by atoms with Crippen LogP contribution in [0.25, 0.3) is 0 Å². The number of carbonyl (C=O) groups excluding carboxylic acids is 1. The van der Waals surface area contributed by atoms with Gasteiger partial charge in [0.1, 0.15) is 5.75 Å². The second-order valence-corrected chi connectivity index (χ2v) is 3.26. The van der Waals surface area contributed by atoms with E-state index in [1.54, 1.807) is 0 Å². The summed E-state index contributed by atoms with van der Waals surface area (Å²) in [5.74, 6) is -1.06. The lowest BCUT2D eigenvalue weighted by atomic mass is 10.1. The Morgan fingerprint density at radius 2 is 1.63 bits per heavy atom. The first-order chi connectivity index (χ1) is 8.55. The minimum Gasteiger partial charge on any atom is -0.437 e. The third-order valence-electron chi connectivity index (χ3n) is 1.97. The van der Waals surface area contributed by atoms with E-state index in [0.29, 0.717) is 12.1 Å². The highest BCUT2D eigenvalue weighted by Gasteiger charge is 2.39. The average molecular weight is 288 g/mol. The van der Waals surface area contributed by atoms with Gasteiger partial charge in [-0.05, 0) is 18.2 Å². The van der Waals surface area contributed by atoms with Crippen molar-refractivity contribution in [2.75, 3.05) is 7.11 Å². The summed E-state index contributed by atoms with van der Waals surface area (Å²) < 4.78 is 82.8. The lowest BCUT2D eigenvalue weighted by Gasteiger charge is -2.14. The second-order valence-electron chi connectivity index (χ2n) is 3.26. The van der Waals surface area contributed by atoms with Crippen molar-refractivity contribution < 1.29 is 40.6 Å². The summed E-state index contributed by atoms with van der Waals surface area (Å²) in [6, 6.07) is 0.633. The minimum absolute atomic E-state index is 0.141. The Morgan fingerprint density at radius 1 is 1.05 bits per heavy atom. The van der Waals surface area contributed by atoms with Crippen LogP contribution in [0.5, 0.6) is 5.75 Å². The Balaban J connectivity index is 3.29. The molecular formula is C10H6F6O3. The summed E-state index contributed by atoms with van der Waals surface area (Å²) in [7, 11) is 0.847. The first-order valence-electron chi connectivity index (χ1n) is 4.60. The first kappa shape index (κ1) is 15.1. The monoisotopic (exact) mass is 288 g/mol. The molecule has 3 nitrogen and oxygen atoms in total. The molecular weight excluding hydrogens is 282 g/mol. The van der Waals surface area contributed by atoms with Crippen LogP contribution >= 0.6 is 0 Å². The second kappa shape index (κ2) is 4.98. The Hall–Kier alpha value is -1.93. The summed E-state index contributed by atoms with van der Waals surface area (Å²) in [5, 5.41) is 0. The summed E-state index contributed by atoms with van der Waals surface area (Å²) in [4.78, 5) is 10.7. The smallest absolute Gasteiger partial charge is 0.437 e. The molecule has 0 atom stereocenters. The lowest BCUT2D eigenvalue weighted by molar-refractivity contribution is -0.143. The number of rotatable bonds is 1. The highest BCUT2D eigenvalue weighted by molar-refractivity contribution is 5.64. The molecule has 1 aromatic carbocycles. The fourth-order valence-electron chi connectivity index (χ4n) is 1.15. The highest BCUT2D eigenvalue weighted by atomic mass is 19.4. The van der Waals surface area contributed by atoms with Gasteiger partial charge in [0.25, 0.3) is 0 Å². The molecule has 0 unspecified atom stereocenters. The van der Waals surface area contributed by atoms with Gasteiger partial charge < -0.3 is 9.47 Å². The van der Waals surface area contributed by atoms with Gasteiger partial charge in [-0.25, -0.2) is 4.79 Å². The van der Waals surface area contributed by atoms with Crippen LogP contribution in [0.4, 0.5) is 31.1 Å². The van der Waals surface area contributed by atoms with Crippen molar-refractivity contribution in [3.63, 3.8) is 0 Å². The number of ether oxygens (including phenoxy) is 2. The van der Waals surface area contributed by atoms with Crippen molar-refractivity contribution in [1.29, 1.82) is 0 Å². The fraction of sp³-hybridized carbons (Fsp3) is 0.300.